The molecule has 326 valence electrons. The van der Waals surface area contributed by atoms with E-state index in [-0.39, 0.29) is 19.4 Å². The molecule has 0 aromatic carbocycles. The molecule has 0 heterocycles. The summed E-state index contributed by atoms with van der Waals surface area (Å²) in [6.45, 7) is 2.46. The zero-order valence-electron chi connectivity index (χ0n) is 35.1. The molecule has 1 unspecified atom stereocenters. The summed E-state index contributed by atoms with van der Waals surface area (Å²) in [6.07, 6.45) is 51.6. The van der Waals surface area contributed by atoms with Gasteiger partial charge in [-0.15, -0.1) is 0 Å². The number of allylic oxidation sites excluding steroid dienone is 18. The molecule has 0 aliphatic carbocycles. The van der Waals surface area contributed by atoms with Crippen LogP contribution in [0.25, 0.3) is 0 Å². The van der Waals surface area contributed by atoms with Gasteiger partial charge in [-0.25, -0.2) is 4.57 Å². The average molecular weight is 830 g/mol. The van der Waals surface area contributed by atoms with Crippen molar-refractivity contribution in [2.24, 2.45) is 5.73 Å². The lowest BCUT2D eigenvalue weighted by Gasteiger charge is -2.20. The van der Waals surface area contributed by atoms with Crippen molar-refractivity contribution >= 4 is 25.7 Å². The van der Waals surface area contributed by atoms with Crippen molar-refractivity contribution in [3.8, 4) is 0 Å². The zero-order chi connectivity index (χ0) is 42.8. The Bertz CT molecular complexity index is 1390. The SMILES string of the molecule is CC/C=C\C/C=C\C/C=C\C/C=C\C/C=C\CCCCCC(=O)OC[C@H](COP(=O)(O)OC[C@H](N)C(=O)O)OC(=O)CCCC/C=C\C/C=C\C/C=C\C/C=C\CC. The number of rotatable bonds is 37. The minimum absolute atomic E-state index is 0.0939. The van der Waals surface area contributed by atoms with Crippen molar-refractivity contribution in [2.45, 2.75) is 142 Å². The van der Waals surface area contributed by atoms with E-state index in [2.05, 4.69) is 128 Å². The zero-order valence-corrected chi connectivity index (χ0v) is 36.0. The average Bonchev–Trinajstić information content (AvgIpc) is 3.20. The molecule has 0 aliphatic heterocycles. The Morgan fingerprint density at radius 1 is 0.534 bits per heavy atom. The summed E-state index contributed by atoms with van der Waals surface area (Å²) in [6, 6.07) is -1.54. The number of aliphatic carboxylic acids is 1. The third-order valence-electron chi connectivity index (χ3n) is 8.02. The second kappa shape index (κ2) is 39.9. The first kappa shape index (κ1) is 54.1. The first-order valence-electron chi connectivity index (χ1n) is 20.9. The number of unbranched alkanes of at least 4 members (excludes halogenated alkanes) is 5. The van der Waals surface area contributed by atoms with Crippen LogP contribution in [0.1, 0.15) is 129 Å². The lowest BCUT2D eigenvalue weighted by Crippen LogP contribution is -2.34. The molecule has 0 saturated carbocycles. The number of esters is 2. The summed E-state index contributed by atoms with van der Waals surface area (Å²) in [5.74, 6) is -2.49. The maximum Gasteiger partial charge on any atom is 0.472 e. The van der Waals surface area contributed by atoms with Crippen molar-refractivity contribution in [1.29, 1.82) is 0 Å². The molecule has 0 spiro atoms. The maximum absolute atomic E-state index is 12.6. The van der Waals surface area contributed by atoms with Crippen LogP contribution in [-0.2, 0) is 37.5 Å². The summed E-state index contributed by atoms with van der Waals surface area (Å²) in [4.78, 5) is 45.9. The lowest BCUT2D eigenvalue weighted by molar-refractivity contribution is -0.161. The van der Waals surface area contributed by atoms with Crippen molar-refractivity contribution in [3.05, 3.63) is 109 Å². The third kappa shape index (κ3) is 39.0. The summed E-state index contributed by atoms with van der Waals surface area (Å²) < 4.78 is 32.6. The van der Waals surface area contributed by atoms with Crippen molar-refractivity contribution < 1.29 is 47.5 Å². The molecule has 11 nitrogen and oxygen atoms in total. The Kier molecular flexibility index (Phi) is 37.3. The molecule has 0 saturated heterocycles. The highest BCUT2D eigenvalue weighted by Gasteiger charge is 2.28. The number of nitrogens with two attached hydrogens (primary N) is 1. The molecule has 4 N–H and O–H groups in total. The lowest BCUT2D eigenvalue weighted by atomic mass is 10.1. The van der Waals surface area contributed by atoms with Gasteiger partial charge in [-0.2, -0.15) is 0 Å². The summed E-state index contributed by atoms with van der Waals surface area (Å²) in [5.41, 5.74) is 5.32. The van der Waals surface area contributed by atoms with Gasteiger partial charge in [-0.05, 0) is 96.3 Å². The van der Waals surface area contributed by atoms with Gasteiger partial charge in [0.15, 0.2) is 6.10 Å². The molecule has 0 bridgehead atoms. The summed E-state index contributed by atoms with van der Waals surface area (Å²) in [7, 11) is -4.74. The number of carboxylic acids is 1. The fourth-order valence-corrected chi connectivity index (χ4v) is 5.56. The standard InChI is InChI=1S/C46H72NO10P/c1-3-5-7-9-11-13-15-17-19-20-21-22-24-25-27-29-31-33-35-37-44(48)54-39-42(40-55-58(52,53)56-41-43(47)46(50)51)57-45(49)38-36-34-32-30-28-26-23-18-16-14-12-10-8-6-4-2/h5-8,11-14,17-19,21-23,25,27-28,30,42-43H,3-4,9-10,15-16,20,24,26,29,31-41,47H2,1-2H3,(H,50,51)(H,52,53)/b7-5-,8-6-,13-11-,14-12-,19-17-,22-21-,23-18-,27-25-,30-28-/t42-,43+/m1/s1. The predicted octanol–water partition coefficient (Wildman–Crippen LogP) is 11.1. The van der Waals surface area contributed by atoms with Crippen LogP contribution < -0.4 is 5.73 Å². The van der Waals surface area contributed by atoms with Gasteiger partial charge in [-0.1, -0.05) is 130 Å². The highest BCUT2D eigenvalue weighted by molar-refractivity contribution is 7.47. The number of carbonyl (C=O) groups excluding carboxylic acids is 2. The fourth-order valence-electron chi connectivity index (χ4n) is 4.79. The highest BCUT2D eigenvalue weighted by Crippen LogP contribution is 2.43. The Morgan fingerprint density at radius 2 is 0.914 bits per heavy atom. The van der Waals surface area contributed by atoms with E-state index >= 15 is 0 Å². The van der Waals surface area contributed by atoms with E-state index in [1.165, 1.54) is 0 Å². The predicted molar refractivity (Wildman–Crippen MR) is 235 cm³/mol. The van der Waals surface area contributed by atoms with E-state index in [4.69, 9.17) is 24.8 Å². The molecule has 0 aromatic rings. The minimum Gasteiger partial charge on any atom is -0.480 e. The van der Waals surface area contributed by atoms with Crippen LogP contribution in [0.2, 0.25) is 0 Å². The Hall–Kier alpha value is -3.86. The van der Waals surface area contributed by atoms with Gasteiger partial charge in [0, 0.05) is 12.8 Å². The van der Waals surface area contributed by atoms with Crippen molar-refractivity contribution in [3.63, 3.8) is 0 Å². The Balaban J connectivity index is 4.53. The monoisotopic (exact) mass is 829 g/mol. The highest BCUT2D eigenvalue weighted by atomic mass is 31.2. The Labute approximate surface area is 348 Å². The summed E-state index contributed by atoms with van der Waals surface area (Å²) in [5, 5.41) is 8.88. The molecule has 12 heteroatoms. The normalized spacial score (nSPS) is 14.8. The number of ether oxygens (including phenoxy) is 2. The molecule has 0 aliphatic rings. The van der Waals surface area contributed by atoms with E-state index in [9.17, 15) is 23.8 Å². The number of carboxylic acid groups (broad SMARTS) is 1. The number of hydrogen-bond donors (Lipinski definition) is 3. The quantitative estimate of drug-likeness (QED) is 0.0235. The van der Waals surface area contributed by atoms with E-state index in [0.29, 0.717) is 12.8 Å². The van der Waals surface area contributed by atoms with E-state index in [1.807, 2.05) is 0 Å². The van der Waals surface area contributed by atoms with E-state index in [0.717, 1.165) is 89.9 Å². The largest absolute Gasteiger partial charge is 0.480 e. The van der Waals surface area contributed by atoms with E-state index in [1.54, 1.807) is 0 Å². The number of phosphoric acid groups is 1. The molecular formula is C46H72NO10P. The van der Waals surface area contributed by atoms with Crippen LogP contribution in [0.4, 0.5) is 0 Å². The Morgan fingerprint density at radius 3 is 1.36 bits per heavy atom. The molecule has 0 fully saturated rings. The van der Waals surface area contributed by atoms with Gasteiger partial charge in [-0.3, -0.25) is 23.4 Å². The van der Waals surface area contributed by atoms with Gasteiger partial charge in [0.2, 0.25) is 0 Å². The maximum atomic E-state index is 12.6. The number of hydrogen-bond acceptors (Lipinski definition) is 9. The molecule has 0 radical (unpaired) electrons. The van der Waals surface area contributed by atoms with Crippen molar-refractivity contribution in [1.82, 2.24) is 0 Å². The van der Waals surface area contributed by atoms with Crippen molar-refractivity contribution in [2.75, 3.05) is 19.8 Å². The van der Waals surface area contributed by atoms with Gasteiger partial charge < -0.3 is 25.2 Å². The molecular weight excluding hydrogens is 757 g/mol. The van der Waals surface area contributed by atoms with E-state index < -0.39 is 51.1 Å². The van der Waals surface area contributed by atoms with Gasteiger partial charge in [0.25, 0.3) is 0 Å². The first-order valence-corrected chi connectivity index (χ1v) is 22.4. The van der Waals surface area contributed by atoms with Gasteiger partial charge >= 0.3 is 25.7 Å². The van der Waals surface area contributed by atoms with Crippen LogP contribution in [0, 0.1) is 0 Å². The molecule has 0 rings (SSSR count). The van der Waals surface area contributed by atoms with Crippen LogP contribution >= 0.6 is 7.82 Å². The molecule has 58 heavy (non-hydrogen) atoms. The second-order valence-electron chi connectivity index (χ2n) is 13.4. The third-order valence-corrected chi connectivity index (χ3v) is 8.97. The number of phosphoric ester groups is 1. The van der Waals surface area contributed by atoms with Gasteiger partial charge in [0.1, 0.15) is 12.6 Å². The van der Waals surface area contributed by atoms with Crippen LogP contribution in [0.15, 0.2) is 109 Å². The van der Waals surface area contributed by atoms with Crippen LogP contribution in [0.3, 0.4) is 0 Å². The molecule has 3 atom stereocenters. The minimum atomic E-state index is -4.74. The number of carbonyl (C=O) groups is 3. The smallest absolute Gasteiger partial charge is 0.472 e. The molecule has 0 amide bonds. The molecule has 0 aromatic heterocycles. The van der Waals surface area contributed by atoms with Gasteiger partial charge in [0.05, 0.1) is 13.2 Å². The fraction of sp³-hybridized carbons (Fsp3) is 0.543. The van der Waals surface area contributed by atoms with Crippen LogP contribution in [-0.4, -0.2) is 59.9 Å². The van der Waals surface area contributed by atoms with Crippen LogP contribution in [0.5, 0.6) is 0 Å². The topological polar surface area (TPSA) is 172 Å². The summed E-state index contributed by atoms with van der Waals surface area (Å²) >= 11 is 0. The second-order valence-corrected chi connectivity index (χ2v) is 14.8. The first-order chi connectivity index (χ1) is 28.1.